The summed E-state index contributed by atoms with van der Waals surface area (Å²) in [6.45, 7) is 3.89. The fourth-order valence-electron chi connectivity index (χ4n) is 2.63. The van der Waals surface area contributed by atoms with E-state index in [2.05, 4.69) is 0 Å². The average molecular weight is 257 g/mol. The molecule has 0 amide bonds. The van der Waals surface area contributed by atoms with Gasteiger partial charge in [0.25, 0.3) is 0 Å². The first-order chi connectivity index (χ1) is 9.00. The topological polar surface area (TPSA) is 57.2 Å². The van der Waals surface area contributed by atoms with Gasteiger partial charge in [-0.1, -0.05) is 41.5 Å². The van der Waals surface area contributed by atoms with E-state index < -0.39 is 17.8 Å². The van der Waals surface area contributed by atoms with E-state index in [0.29, 0.717) is 18.4 Å². The van der Waals surface area contributed by atoms with Gasteiger partial charge in [0, 0.05) is 23.4 Å². The second kappa shape index (κ2) is 5.39. The minimum atomic E-state index is -1.12. The first kappa shape index (κ1) is 13.5. The summed E-state index contributed by atoms with van der Waals surface area (Å²) in [4.78, 5) is 23.7. The molecule has 0 N–H and O–H groups in total. The first-order valence-electron chi connectivity index (χ1n) is 6.46. The Labute approximate surface area is 113 Å². The molecule has 0 spiro atoms. The second-order valence-corrected chi connectivity index (χ2v) is 5.23. The quantitative estimate of drug-likeness (QED) is 0.614. The Morgan fingerprint density at radius 1 is 1.00 bits per heavy atom. The summed E-state index contributed by atoms with van der Waals surface area (Å²) in [5.41, 5.74) is 2.75. The van der Waals surface area contributed by atoms with Crippen LogP contribution in [0.25, 0.3) is 0 Å². The van der Waals surface area contributed by atoms with Gasteiger partial charge in [-0.05, 0) is 26.7 Å². The number of hydrogen-bond donors (Lipinski definition) is 0. The normalized spacial score (nSPS) is 23.3. The minimum absolute atomic E-state index is 0.0957. The van der Waals surface area contributed by atoms with Crippen molar-refractivity contribution >= 4 is 11.8 Å². The molecule has 3 heteroatoms. The molecule has 3 nitrogen and oxygen atoms in total. The summed E-state index contributed by atoms with van der Waals surface area (Å²) in [5, 5.41) is 11.3. The summed E-state index contributed by atoms with van der Waals surface area (Å²) in [5.74, 6) is -2.43. The zero-order valence-corrected chi connectivity index (χ0v) is 11.2. The molecule has 0 saturated heterocycles. The molecule has 1 aliphatic carbocycles. The van der Waals surface area contributed by atoms with Crippen LogP contribution in [-0.4, -0.2) is 11.8 Å². The van der Waals surface area contributed by atoms with Crippen molar-refractivity contribution in [1.29, 1.82) is 0 Å². The van der Waals surface area contributed by atoms with Crippen molar-refractivity contribution < 1.29 is 14.7 Å². The fourth-order valence-corrected chi connectivity index (χ4v) is 2.63. The van der Waals surface area contributed by atoms with Crippen molar-refractivity contribution in [2.24, 2.45) is 11.8 Å². The van der Waals surface area contributed by atoms with Crippen molar-refractivity contribution in [3.8, 4) is 0 Å². The van der Waals surface area contributed by atoms with Crippen LogP contribution in [0.1, 0.15) is 37.0 Å². The number of carbonyl (C=O) groups excluding carboxylic acids is 2. The molecule has 0 heterocycles. The number of hydrogen-bond acceptors (Lipinski definition) is 3. The van der Waals surface area contributed by atoms with Crippen molar-refractivity contribution in [1.82, 2.24) is 0 Å². The predicted molar refractivity (Wildman–Crippen MR) is 70.4 cm³/mol. The number of carbonyl (C=O) groups is 2. The number of aliphatic carboxylic acids is 1. The molecular weight excluding hydrogens is 240 g/mol. The largest absolute Gasteiger partial charge is 0.550 e. The smallest absolute Gasteiger partial charge is 0.166 e. The standard InChI is InChI=1S/C16H18O3/c1-10-8-13(14(16(18)19)9-11(10)2)15(17)12-6-4-3-5-7-12/h3-7,13-14H,8-9H2,1-2H3,(H,18,19)/p-1. The van der Waals surface area contributed by atoms with E-state index in [-0.39, 0.29) is 5.78 Å². The van der Waals surface area contributed by atoms with Crippen LogP contribution in [0.5, 0.6) is 0 Å². The van der Waals surface area contributed by atoms with Crippen molar-refractivity contribution in [3.05, 3.63) is 47.0 Å². The zero-order chi connectivity index (χ0) is 14.0. The highest BCUT2D eigenvalue weighted by molar-refractivity contribution is 6.00. The number of Topliss-reactive ketones (excluding diaryl/α,β-unsaturated/α-hetero) is 1. The highest BCUT2D eigenvalue weighted by Gasteiger charge is 2.33. The number of carboxylic acid groups (broad SMARTS) is 1. The lowest BCUT2D eigenvalue weighted by Crippen LogP contribution is -2.41. The Balaban J connectivity index is 2.31. The zero-order valence-electron chi connectivity index (χ0n) is 11.2. The van der Waals surface area contributed by atoms with E-state index in [9.17, 15) is 14.7 Å². The highest BCUT2D eigenvalue weighted by Crippen LogP contribution is 2.35. The van der Waals surface area contributed by atoms with Crippen LogP contribution in [0, 0.1) is 11.8 Å². The number of rotatable bonds is 3. The lowest BCUT2D eigenvalue weighted by Gasteiger charge is -2.32. The predicted octanol–water partition coefficient (Wildman–Crippen LogP) is 1.98. The third kappa shape index (κ3) is 2.75. The summed E-state index contributed by atoms with van der Waals surface area (Å²) >= 11 is 0. The van der Waals surface area contributed by atoms with Gasteiger partial charge in [0.15, 0.2) is 5.78 Å². The average Bonchev–Trinajstić information content (AvgIpc) is 2.41. The van der Waals surface area contributed by atoms with E-state index >= 15 is 0 Å². The molecule has 2 atom stereocenters. The SMILES string of the molecule is CC1=C(C)CC(C(=O)c2ccccc2)C(C(=O)[O-])C1. The maximum Gasteiger partial charge on any atom is 0.166 e. The van der Waals surface area contributed by atoms with Crippen molar-refractivity contribution in [2.75, 3.05) is 0 Å². The monoisotopic (exact) mass is 257 g/mol. The van der Waals surface area contributed by atoms with E-state index in [4.69, 9.17) is 0 Å². The van der Waals surface area contributed by atoms with Crippen LogP contribution in [-0.2, 0) is 4.79 Å². The van der Waals surface area contributed by atoms with Crippen LogP contribution < -0.4 is 5.11 Å². The molecule has 0 saturated carbocycles. The van der Waals surface area contributed by atoms with Gasteiger partial charge in [-0.3, -0.25) is 4.79 Å². The summed E-state index contributed by atoms with van der Waals surface area (Å²) < 4.78 is 0. The molecule has 1 aliphatic rings. The minimum Gasteiger partial charge on any atom is -0.550 e. The Morgan fingerprint density at radius 2 is 1.53 bits per heavy atom. The molecule has 0 aliphatic heterocycles. The van der Waals surface area contributed by atoms with Crippen LogP contribution >= 0.6 is 0 Å². The van der Waals surface area contributed by atoms with Gasteiger partial charge in [0.1, 0.15) is 0 Å². The summed E-state index contributed by atoms with van der Waals surface area (Å²) in [7, 11) is 0. The second-order valence-electron chi connectivity index (χ2n) is 5.23. The molecule has 1 aromatic carbocycles. The van der Waals surface area contributed by atoms with E-state index in [1.54, 1.807) is 24.3 Å². The third-order valence-corrected chi connectivity index (χ3v) is 3.96. The molecule has 2 rings (SSSR count). The van der Waals surface area contributed by atoms with Crippen LogP contribution in [0.15, 0.2) is 41.5 Å². The highest BCUT2D eigenvalue weighted by atomic mass is 16.4. The molecule has 0 fully saturated rings. The maximum atomic E-state index is 12.5. The Hall–Kier alpha value is -1.90. The molecule has 2 unspecified atom stereocenters. The molecule has 0 aromatic heterocycles. The van der Waals surface area contributed by atoms with Gasteiger partial charge >= 0.3 is 0 Å². The van der Waals surface area contributed by atoms with Gasteiger partial charge in [-0.25, -0.2) is 0 Å². The molecule has 19 heavy (non-hydrogen) atoms. The number of allylic oxidation sites excluding steroid dienone is 2. The van der Waals surface area contributed by atoms with Gasteiger partial charge in [-0.15, -0.1) is 0 Å². The number of carboxylic acids is 1. The molecular formula is C16H17O3-. The molecule has 0 radical (unpaired) electrons. The summed E-state index contributed by atoms with van der Waals surface area (Å²) in [6.07, 6.45) is 0.926. The van der Waals surface area contributed by atoms with Crippen LogP contribution in [0.2, 0.25) is 0 Å². The number of ketones is 1. The Kier molecular flexibility index (Phi) is 3.84. The van der Waals surface area contributed by atoms with Crippen LogP contribution in [0.3, 0.4) is 0 Å². The van der Waals surface area contributed by atoms with Crippen LogP contribution in [0.4, 0.5) is 0 Å². The lowest BCUT2D eigenvalue weighted by molar-refractivity contribution is -0.313. The number of benzene rings is 1. The molecule has 1 aromatic rings. The van der Waals surface area contributed by atoms with Gasteiger partial charge in [-0.2, -0.15) is 0 Å². The van der Waals surface area contributed by atoms with Crippen molar-refractivity contribution in [2.45, 2.75) is 26.7 Å². The molecule has 100 valence electrons. The lowest BCUT2D eigenvalue weighted by atomic mass is 9.73. The van der Waals surface area contributed by atoms with E-state index in [0.717, 1.165) is 11.1 Å². The van der Waals surface area contributed by atoms with Crippen molar-refractivity contribution in [3.63, 3.8) is 0 Å². The maximum absolute atomic E-state index is 12.5. The van der Waals surface area contributed by atoms with Gasteiger partial charge in [0.2, 0.25) is 0 Å². The summed E-state index contributed by atoms with van der Waals surface area (Å²) in [6, 6.07) is 8.88. The first-order valence-corrected chi connectivity index (χ1v) is 6.46. The fraction of sp³-hybridized carbons (Fsp3) is 0.375. The van der Waals surface area contributed by atoms with E-state index in [1.165, 1.54) is 0 Å². The van der Waals surface area contributed by atoms with E-state index in [1.807, 2.05) is 19.9 Å². The Morgan fingerprint density at radius 3 is 2.05 bits per heavy atom. The van der Waals surface area contributed by atoms with Gasteiger partial charge < -0.3 is 9.90 Å². The van der Waals surface area contributed by atoms with Gasteiger partial charge in [0.05, 0.1) is 0 Å². The molecule has 0 bridgehead atoms. The third-order valence-electron chi connectivity index (χ3n) is 3.96. The Bertz CT molecular complexity index is 528.